The zero-order valence-electron chi connectivity index (χ0n) is 10.4. The molecule has 3 atom stereocenters. The van der Waals surface area contributed by atoms with Gasteiger partial charge in [-0.15, -0.1) is 0 Å². The number of nitrogens with zero attached hydrogens (tertiary/aromatic N) is 1. The number of nitrogens with one attached hydrogen (secondary N) is 1. The van der Waals surface area contributed by atoms with E-state index in [4.69, 9.17) is 11.6 Å². The Hall–Kier alpha value is -1.61. The van der Waals surface area contributed by atoms with Crippen LogP contribution in [0.3, 0.4) is 0 Å². The van der Waals surface area contributed by atoms with E-state index in [0.29, 0.717) is 28.3 Å². The van der Waals surface area contributed by atoms with E-state index in [0.717, 1.165) is 6.42 Å². The minimum absolute atomic E-state index is 0.202. The zero-order chi connectivity index (χ0) is 13.2. The van der Waals surface area contributed by atoms with Gasteiger partial charge in [0.25, 0.3) is 5.91 Å². The fourth-order valence-electron chi connectivity index (χ4n) is 2.85. The Labute approximate surface area is 117 Å². The number of carbonyl (C=O) groups excluding carboxylic acids is 1. The number of carbonyl (C=O) groups is 1. The molecule has 3 unspecified atom stereocenters. The van der Waals surface area contributed by atoms with Gasteiger partial charge in [0, 0.05) is 22.7 Å². The Kier molecular flexibility index (Phi) is 3.38. The summed E-state index contributed by atoms with van der Waals surface area (Å²) in [4.78, 5) is 11.8. The van der Waals surface area contributed by atoms with Crippen LogP contribution >= 0.6 is 11.6 Å². The smallest absolute Gasteiger partial charge is 0.267 e. The van der Waals surface area contributed by atoms with Gasteiger partial charge in [-0.1, -0.05) is 23.8 Å². The summed E-state index contributed by atoms with van der Waals surface area (Å²) in [6, 6.07) is 6.77. The second kappa shape index (κ2) is 5.17. The van der Waals surface area contributed by atoms with Gasteiger partial charge >= 0.3 is 0 Å². The van der Waals surface area contributed by atoms with Gasteiger partial charge in [-0.25, -0.2) is 5.43 Å². The maximum Gasteiger partial charge on any atom is 0.271 e. The maximum atomic E-state index is 11.8. The second-order valence-corrected chi connectivity index (χ2v) is 5.61. The van der Waals surface area contributed by atoms with Gasteiger partial charge < -0.3 is 0 Å². The molecule has 1 fully saturated rings. The van der Waals surface area contributed by atoms with Gasteiger partial charge in [0.15, 0.2) is 0 Å². The number of amides is 1. The van der Waals surface area contributed by atoms with E-state index in [9.17, 15) is 4.79 Å². The predicted molar refractivity (Wildman–Crippen MR) is 76.3 cm³/mol. The lowest BCUT2D eigenvalue weighted by Crippen LogP contribution is -2.19. The highest BCUT2D eigenvalue weighted by atomic mass is 35.5. The van der Waals surface area contributed by atoms with Crippen LogP contribution in [0.2, 0.25) is 5.02 Å². The van der Waals surface area contributed by atoms with Gasteiger partial charge in [-0.2, -0.15) is 5.10 Å². The average Bonchev–Trinajstić information content (AvgIpc) is 3.02. The molecular formula is C15H15ClN2O. The molecule has 1 N–H and O–H groups in total. The molecule has 1 saturated carbocycles. The first-order chi connectivity index (χ1) is 9.22. The summed E-state index contributed by atoms with van der Waals surface area (Å²) < 4.78 is 0. The highest BCUT2D eigenvalue weighted by molar-refractivity contribution is 6.30. The molecule has 19 heavy (non-hydrogen) atoms. The SMILES string of the molecule is O=C(NN=CC1CC2C=CC1C2)c1ccc(Cl)cc1. The molecule has 2 bridgehead atoms. The molecule has 98 valence electrons. The highest BCUT2D eigenvalue weighted by Gasteiger charge is 2.34. The number of hydrogen-bond acceptors (Lipinski definition) is 2. The lowest BCUT2D eigenvalue weighted by molar-refractivity contribution is 0.0955. The summed E-state index contributed by atoms with van der Waals surface area (Å²) >= 11 is 5.78. The zero-order valence-corrected chi connectivity index (χ0v) is 11.2. The first kappa shape index (κ1) is 12.4. The third-order valence-electron chi connectivity index (χ3n) is 3.87. The van der Waals surface area contributed by atoms with Crippen molar-refractivity contribution in [2.45, 2.75) is 12.8 Å². The summed E-state index contributed by atoms with van der Waals surface area (Å²) in [6.07, 6.45) is 8.83. The molecule has 1 amide bonds. The van der Waals surface area contributed by atoms with Gasteiger partial charge in [0.2, 0.25) is 0 Å². The number of fused-ring (bicyclic) bond motifs is 2. The first-order valence-corrected chi connectivity index (χ1v) is 6.87. The summed E-state index contributed by atoms with van der Waals surface area (Å²) in [5.74, 6) is 1.60. The second-order valence-electron chi connectivity index (χ2n) is 5.17. The van der Waals surface area contributed by atoms with Crippen molar-refractivity contribution < 1.29 is 4.79 Å². The van der Waals surface area contributed by atoms with Crippen molar-refractivity contribution in [3.05, 3.63) is 47.0 Å². The number of benzene rings is 1. The number of hydrogen-bond donors (Lipinski definition) is 1. The van der Waals surface area contributed by atoms with Gasteiger partial charge in [-0.05, 0) is 48.9 Å². The lowest BCUT2D eigenvalue weighted by Gasteiger charge is -2.11. The molecule has 2 aliphatic rings. The van der Waals surface area contributed by atoms with Crippen LogP contribution in [-0.2, 0) is 0 Å². The van der Waals surface area contributed by atoms with Crippen LogP contribution in [0.4, 0.5) is 0 Å². The van der Waals surface area contributed by atoms with Crippen LogP contribution < -0.4 is 5.43 Å². The largest absolute Gasteiger partial charge is 0.271 e. The molecule has 0 saturated heterocycles. The van der Waals surface area contributed by atoms with Gasteiger partial charge in [0.1, 0.15) is 0 Å². The van der Waals surface area contributed by atoms with Crippen molar-refractivity contribution >= 4 is 23.7 Å². The van der Waals surface area contributed by atoms with E-state index in [-0.39, 0.29) is 5.91 Å². The van der Waals surface area contributed by atoms with Crippen LogP contribution in [0.5, 0.6) is 0 Å². The van der Waals surface area contributed by atoms with E-state index in [2.05, 4.69) is 22.7 Å². The van der Waals surface area contributed by atoms with E-state index >= 15 is 0 Å². The summed E-state index contributed by atoms with van der Waals surface area (Å²) in [7, 11) is 0. The molecule has 2 aliphatic carbocycles. The summed E-state index contributed by atoms with van der Waals surface area (Å²) in [5, 5.41) is 4.70. The van der Waals surface area contributed by atoms with Crippen LogP contribution in [0.1, 0.15) is 23.2 Å². The Morgan fingerprint density at radius 3 is 2.68 bits per heavy atom. The third kappa shape index (κ3) is 2.71. The highest BCUT2D eigenvalue weighted by Crippen LogP contribution is 2.42. The predicted octanol–water partition coefficient (Wildman–Crippen LogP) is 3.27. The molecule has 4 heteroatoms. The van der Waals surface area contributed by atoms with Crippen LogP contribution in [0.25, 0.3) is 0 Å². The van der Waals surface area contributed by atoms with Crippen molar-refractivity contribution in [2.75, 3.05) is 0 Å². The van der Waals surface area contributed by atoms with Crippen LogP contribution in [-0.4, -0.2) is 12.1 Å². The Balaban J connectivity index is 1.56. The molecule has 1 aromatic rings. The third-order valence-corrected chi connectivity index (χ3v) is 4.12. The monoisotopic (exact) mass is 274 g/mol. The average molecular weight is 275 g/mol. The topological polar surface area (TPSA) is 41.5 Å². The normalized spacial score (nSPS) is 28.2. The van der Waals surface area contributed by atoms with Crippen molar-refractivity contribution in [1.82, 2.24) is 5.43 Å². The lowest BCUT2D eigenvalue weighted by atomic mass is 9.95. The molecule has 3 rings (SSSR count). The molecular weight excluding hydrogens is 260 g/mol. The number of rotatable bonds is 3. The van der Waals surface area contributed by atoms with Crippen LogP contribution in [0, 0.1) is 17.8 Å². The fraction of sp³-hybridized carbons (Fsp3) is 0.333. The van der Waals surface area contributed by atoms with Crippen molar-refractivity contribution in [2.24, 2.45) is 22.9 Å². The minimum Gasteiger partial charge on any atom is -0.267 e. The summed E-state index contributed by atoms with van der Waals surface area (Å²) in [6.45, 7) is 0. The standard InChI is InChI=1S/C15H15ClN2O/c16-14-5-3-11(4-6-14)15(19)18-17-9-13-8-10-1-2-12(13)7-10/h1-6,9-10,12-13H,7-8H2,(H,18,19). The number of halogens is 1. The van der Waals surface area contributed by atoms with E-state index in [1.165, 1.54) is 6.42 Å². The molecule has 0 spiro atoms. The molecule has 0 aromatic heterocycles. The minimum atomic E-state index is -0.202. The Morgan fingerprint density at radius 2 is 2.05 bits per heavy atom. The summed E-state index contributed by atoms with van der Waals surface area (Å²) in [5.41, 5.74) is 3.13. The maximum absolute atomic E-state index is 11.8. The van der Waals surface area contributed by atoms with E-state index < -0.39 is 0 Å². The molecule has 0 heterocycles. The van der Waals surface area contributed by atoms with Gasteiger partial charge in [-0.3, -0.25) is 4.79 Å². The van der Waals surface area contributed by atoms with E-state index in [1.54, 1.807) is 24.3 Å². The first-order valence-electron chi connectivity index (χ1n) is 6.50. The van der Waals surface area contributed by atoms with Crippen LogP contribution in [0.15, 0.2) is 41.5 Å². The van der Waals surface area contributed by atoms with Crippen molar-refractivity contribution in [1.29, 1.82) is 0 Å². The fourth-order valence-corrected chi connectivity index (χ4v) is 2.98. The molecule has 0 radical (unpaired) electrons. The molecule has 0 aliphatic heterocycles. The number of allylic oxidation sites excluding steroid dienone is 2. The Morgan fingerprint density at radius 1 is 1.26 bits per heavy atom. The van der Waals surface area contributed by atoms with Gasteiger partial charge in [0.05, 0.1) is 0 Å². The Bertz CT molecular complexity index is 536. The molecule has 3 nitrogen and oxygen atoms in total. The van der Waals surface area contributed by atoms with E-state index in [1.807, 2.05) is 6.21 Å². The van der Waals surface area contributed by atoms with Crippen molar-refractivity contribution in [3.63, 3.8) is 0 Å². The number of hydrazone groups is 1. The molecule has 1 aromatic carbocycles. The quantitative estimate of drug-likeness (QED) is 0.513. The van der Waals surface area contributed by atoms with Crippen molar-refractivity contribution in [3.8, 4) is 0 Å².